The van der Waals surface area contributed by atoms with Gasteiger partial charge in [-0.15, -0.1) is 10.2 Å². The van der Waals surface area contributed by atoms with Crippen molar-refractivity contribution in [3.63, 3.8) is 0 Å². The van der Waals surface area contributed by atoms with Gasteiger partial charge in [0.25, 0.3) is 0 Å². The van der Waals surface area contributed by atoms with Crippen LogP contribution >= 0.6 is 23.4 Å². The van der Waals surface area contributed by atoms with Crippen molar-refractivity contribution >= 4 is 23.4 Å². The van der Waals surface area contributed by atoms with Gasteiger partial charge in [-0.3, -0.25) is 4.57 Å². The molecule has 0 radical (unpaired) electrons. The van der Waals surface area contributed by atoms with Gasteiger partial charge in [0.2, 0.25) is 0 Å². The van der Waals surface area contributed by atoms with Gasteiger partial charge in [-0.2, -0.15) is 0 Å². The summed E-state index contributed by atoms with van der Waals surface area (Å²) >= 11 is 7.82. The first-order chi connectivity index (χ1) is 13.7. The average Bonchev–Trinajstić information content (AvgIpc) is 3.46. The van der Waals surface area contributed by atoms with Crippen molar-refractivity contribution in [2.75, 3.05) is 6.79 Å². The zero-order valence-electron chi connectivity index (χ0n) is 14.9. The van der Waals surface area contributed by atoms with E-state index in [2.05, 4.69) is 14.8 Å². The molecule has 0 spiro atoms. The molecule has 8 heteroatoms. The smallest absolute Gasteiger partial charge is 0.192 e. The van der Waals surface area contributed by atoms with Gasteiger partial charge < -0.3 is 9.47 Å². The standard InChI is InChI=1S/C20H17ClFN3O2S/c21-14-7-12-9-26-11-27-18(12)13(8-14)10-28-20-24-23-19(25(20)15-5-6-15)16-3-1-2-4-17(16)22/h1-4,7-8,15H,5-6,9-11H2. The quantitative estimate of drug-likeness (QED) is 0.532. The molecule has 28 heavy (non-hydrogen) atoms. The molecule has 0 unspecified atom stereocenters. The second kappa shape index (κ2) is 7.39. The first kappa shape index (κ1) is 18.0. The van der Waals surface area contributed by atoms with Crippen molar-refractivity contribution in [2.24, 2.45) is 0 Å². The van der Waals surface area contributed by atoms with Gasteiger partial charge in [0.05, 0.1) is 12.2 Å². The molecule has 1 aromatic heterocycles. The third kappa shape index (κ3) is 3.38. The Labute approximate surface area is 170 Å². The molecule has 2 aromatic carbocycles. The van der Waals surface area contributed by atoms with Crippen LogP contribution in [-0.4, -0.2) is 21.6 Å². The fraction of sp³-hybridized carbons (Fsp3) is 0.300. The van der Waals surface area contributed by atoms with Crippen LogP contribution in [0.15, 0.2) is 41.6 Å². The van der Waals surface area contributed by atoms with Crippen LogP contribution in [0, 0.1) is 5.82 Å². The molecule has 0 atom stereocenters. The molecule has 2 aliphatic rings. The minimum absolute atomic E-state index is 0.238. The van der Waals surface area contributed by atoms with E-state index in [9.17, 15) is 4.39 Å². The Morgan fingerprint density at radius 3 is 2.89 bits per heavy atom. The van der Waals surface area contributed by atoms with Crippen LogP contribution in [0.5, 0.6) is 5.75 Å². The minimum atomic E-state index is -0.286. The fourth-order valence-electron chi connectivity index (χ4n) is 3.37. The Morgan fingerprint density at radius 1 is 1.21 bits per heavy atom. The van der Waals surface area contributed by atoms with Crippen molar-refractivity contribution < 1.29 is 13.9 Å². The number of rotatable bonds is 5. The highest BCUT2D eigenvalue weighted by molar-refractivity contribution is 7.98. The van der Waals surface area contributed by atoms with Crippen LogP contribution in [0.25, 0.3) is 11.4 Å². The second-order valence-electron chi connectivity index (χ2n) is 6.84. The maximum atomic E-state index is 14.3. The number of thioether (sulfide) groups is 1. The summed E-state index contributed by atoms with van der Waals surface area (Å²) in [6.45, 7) is 0.727. The maximum absolute atomic E-state index is 14.3. The Hall–Kier alpha value is -2.09. The van der Waals surface area contributed by atoms with Gasteiger partial charge >= 0.3 is 0 Å². The van der Waals surface area contributed by atoms with Gasteiger partial charge in [-0.05, 0) is 37.1 Å². The highest BCUT2D eigenvalue weighted by atomic mass is 35.5. The van der Waals surface area contributed by atoms with Crippen LogP contribution in [0.2, 0.25) is 5.02 Å². The van der Waals surface area contributed by atoms with E-state index < -0.39 is 0 Å². The monoisotopic (exact) mass is 417 g/mol. The van der Waals surface area contributed by atoms with E-state index in [0.717, 1.165) is 34.9 Å². The number of ether oxygens (including phenoxy) is 2. The van der Waals surface area contributed by atoms with Crippen molar-refractivity contribution in [3.05, 3.63) is 58.4 Å². The topological polar surface area (TPSA) is 49.2 Å². The van der Waals surface area contributed by atoms with Crippen molar-refractivity contribution in [1.82, 2.24) is 14.8 Å². The van der Waals surface area contributed by atoms with E-state index >= 15 is 0 Å². The number of fused-ring (bicyclic) bond motifs is 1. The number of benzene rings is 2. The molecular formula is C20H17ClFN3O2S. The summed E-state index contributed by atoms with van der Waals surface area (Å²) in [5.74, 6) is 1.76. The lowest BCUT2D eigenvalue weighted by molar-refractivity contribution is -0.0168. The maximum Gasteiger partial charge on any atom is 0.192 e. The third-order valence-electron chi connectivity index (χ3n) is 4.80. The molecule has 3 aromatic rings. The van der Waals surface area contributed by atoms with E-state index in [0.29, 0.717) is 34.8 Å². The summed E-state index contributed by atoms with van der Waals surface area (Å²) < 4.78 is 27.4. The summed E-state index contributed by atoms with van der Waals surface area (Å²) in [7, 11) is 0. The minimum Gasteiger partial charge on any atom is -0.467 e. The Balaban J connectivity index is 1.46. The van der Waals surface area contributed by atoms with E-state index in [1.54, 1.807) is 23.9 Å². The summed E-state index contributed by atoms with van der Waals surface area (Å²) in [5, 5.41) is 10.1. The highest BCUT2D eigenvalue weighted by Gasteiger charge is 2.31. The molecule has 5 rings (SSSR count). The molecular weight excluding hydrogens is 401 g/mol. The molecule has 1 fully saturated rings. The SMILES string of the molecule is Fc1ccccc1-c1nnc(SCc2cc(Cl)cc3c2OCOC3)n1C1CC1. The predicted molar refractivity (Wildman–Crippen MR) is 105 cm³/mol. The molecule has 1 aliphatic heterocycles. The fourth-order valence-corrected chi connectivity index (χ4v) is 4.61. The Bertz CT molecular complexity index is 1040. The number of hydrogen-bond acceptors (Lipinski definition) is 5. The normalized spacial score (nSPS) is 15.9. The zero-order valence-corrected chi connectivity index (χ0v) is 16.5. The Morgan fingerprint density at radius 2 is 2.07 bits per heavy atom. The first-order valence-corrected chi connectivity index (χ1v) is 10.4. The number of hydrogen-bond donors (Lipinski definition) is 0. The number of halogens is 2. The van der Waals surface area contributed by atoms with Crippen LogP contribution in [0.4, 0.5) is 4.39 Å². The number of nitrogens with zero attached hydrogens (tertiary/aromatic N) is 3. The largest absolute Gasteiger partial charge is 0.467 e. The van der Waals surface area contributed by atoms with Gasteiger partial charge in [0.15, 0.2) is 17.8 Å². The highest BCUT2D eigenvalue weighted by Crippen LogP contribution is 2.43. The lowest BCUT2D eigenvalue weighted by Crippen LogP contribution is -2.13. The van der Waals surface area contributed by atoms with Crippen molar-refractivity contribution in [2.45, 2.75) is 36.4 Å². The molecule has 1 aliphatic carbocycles. The zero-order chi connectivity index (χ0) is 19.1. The van der Waals surface area contributed by atoms with E-state index in [1.165, 1.54) is 6.07 Å². The average molecular weight is 418 g/mol. The molecule has 0 saturated heterocycles. The lowest BCUT2D eigenvalue weighted by Gasteiger charge is -2.21. The van der Waals surface area contributed by atoms with Gasteiger partial charge in [-0.25, -0.2) is 4.39 Å². The van der Waals surface area contributed by atoms with Crippen LogP contribution in [0.3, 0.4) is 0 Å². The van der Waals surface area contributed by atoms with Crippen molar-refractivity contribution in [3.8, 4) is 17.1 Å². The molecule has 1 saturated carbocycles. The van der Waals surface area contributed by atoms with Crippen LogP contribution in [-0.2, 0) is 17.1 Å². The van der Waals surface area contributed by atoms with Crippen LogP contribution < -0.4 is 4.74 Å². The molecule has 0 bridgehead atoms. The summed E-state index contributed by atoms with van der Waals surface area (Å²) in [5.41, 5.74) is 2.42. The van der Waals surface area contributed by atoms with Gasteiger partial charge in [0, 0.05) is 27.9 Å². The summed E-state index contributed by atoms with van der Waals surface area (Å²) in [6, 6.07) is 10.8. The van der Waals surface area contributed by atoms with Gasteiger partial charge in [0.1, 0.15) is 11.6 Å². The third-order valence-corrected chi connectivity index (χ3v) is 6.01. The lowest BCUT2D eigenvalue weighted by atomic mass is 10.1. The molecule has 2 heterocycles. The van der Waals surface area contributed by atoms with E-state index in [4.69, 9.17) is 21.1 Å². The molecule has 0 amide bonds. The number of aromatic nitrogens is 3. The summed E-state index contributed by atoms with van der Waals surface area (Å²) in [4.78, 5) is 0. The summed E-state index contributed by atoms with van der Waals surface area (Å²) in [6.07, 6.45) is 2.11. The van der Waals surface area contributed by atoms with Gasteiger partial charge in [-0.1, -0.05) is 35.5 Å². The van der Waals surface area contributed by atoms with E-state index in [-0.39, 0.29) is 12.6 Å². The van der Waals surface area contributed by atoms with Crippen LogP contribution in [0.1, 0.15) is 30.0 Å². The molecule has 144 valence electrons. The molecule has 5 nitrogen and oxygen atoms in total. The second-order valence-corrected chi connectivity index (χ2v) is 8.22. The Kier molecular flexibility index (Phi) is 4.74. The first-order valence-electron chi connectivity index (χ1n) is 9.05. The predicted octanol–water partition coefficient (Wildman–Crippen LogP) is 5.23. The molecule has 0 N–H and O–H groups in total. The van der Waals surface area contributed by atoms with Crippen molar-refractivity contribution in [1.29, 1.82) is 0 Å². The van der Waals surface area contributed by atoms with E-state index in [1.807, 2.05) is 18.2 Å².